The molecule has 0 saturated carbocycles. The molecule has 0 fully saturated rings. The summed E-state index contributed by atoms with van der Waals surface area (Å²) in [5.74, 6) is 2.61. The van der Waals surface area contributed by atoms with Crippen LogP contribution in [-0.2, 0) is 13.1 Å². The Labute approximate surface area is 151 Å². The van der Waals surface area contributed by atoms with Gasteiger partial charge < -0.3 is 9.30 Å². The van der Waals surface area contributed by atoms with Crippen molar-refractivity contribution in [2.75, 3.05) is 12.9 Å². The summed E-state index contributed by atoms with van der Waals surface area (Å²) in [5, 5.41) is 13.9. The van der Waals surface area contributed by atoms with Crippen LogP contribution in [0.4, 0.5) is 0 Å². The Morgan fingerprint density at radius 2 is 1.96 bits per heavy atom. The lowest BCUT2D eigenvalue weighted by molar-refractivity contribution is 0.415. The molecule has 0 saturated heterocycles. The number of methoxy groups -OCH3 is 1. The fourth-order valence-corrected chi connectivity index (χ4v) is 3.34. The minimum atomic E-state index is 0.795. The largest absolute Gasteiger partial charge is 0.497 e. The third-order valence-corrected chi connectivity index (χ3v) is 4.77. The molecule has 3 rings (SSSR count). The van der Waals surface area contributed by atoms with E-state index in [0.717, 1.165) is 54.0 Å². The van der Waals surface area contributed by atoms with Crippen molar-refractivity contribution in [3.8, 4) is 17.1 Å². The number of aromatic nitrogens is 6. The summed E-state index contributed by atoms with van der Waals surface area (Å²) < 4.78 is 9.26. The van der Waals surface area contributed by atoms with Crippen LogP contribution in [-0.4, -0.2) is 42.4 Å². The molecule has 2 aromatic heterocycles. The number of nitrogens with zero attached hydrogens (tertiary/aromatic N) is 6. The maximum Gasteiger partial charge on any atom is 0.191 e. The van der Waals surface area contributed by atoms with E-state index in [9.17, 15) is 0 Å². The Bertz CT molecular complexity index is 769. The first kappa shape index (κ1) is 17.5. The average molecular weight is 358 g/mol. The highest BCUT2D eigenvalue weighted by Crippen LogP contribution is 2.26. The number of rotatable bonds is 9. The van der Waals surface area contributed by atoms with Gasteiger partial charge in [0.15, 0.2) is 11.0 Å². The quantitative estimate of drug-likeness (QED) is 0.547. The Morgan fingerprint density at radius 1 is 1.12 bits per heavy atom. The fourth-order valence-electron chi connectivity index (χ4n) is 2.45. The molecule has 0 aliphatic carbocycles. The Balaban J connectivity index is 1.76. The number of hydrogen-bond donors (Lipinski definition) is 0. The smallest absolute Gasteiger partial charge is 0.191 e. The second kappa shape index (κ2) is 8.66. The first-order valence-electron chi connectivity index (χ1n) is 8.34. The zero-order chi connectivity index (χ0) is 17.5. The van der Waals surface area contributed by atoms with Crippen LogP contribution in [0.5, 0.6) is 5.75 Å². The minimum absolute atomic E-state index is 0.795. The Morgan fingerprint density at radius 3 is 2.64 bits per heavy atom. The number of thioether (sulfide) groups is 1. The van der Waals surface area contributed by atoms with Gasteiger partial charge in [0.2, 0.25) is 0 Å². The lowest BCUT2D eigenvalue weighted by Gasteiger charge is -2.10. The average Bonchev–Trinajstić information content (AvgIpc) is 3.30. The molecule has 8 heteroatoms. The highest BCUT2D eigenvalue weighted by molar-refractivity contribution is 7.99. The molecule has 1 aromatic carbocycles. The van der Waals surface area contributed by atoms with E-state index in [2.05, 4.69) is 31.8 Å². The summed E-state index contributed by atoms with van der Waals surface area (Å²) in [4.78, 5) is 3.96. The Hall–Kier alpha value is -2.35. The van der Waals surface area contributed by atoms with Gasteiger partial charge in [-0.3, -0.25) is 4.68 Å². The fraction of sp³-hybridized carbons (Fsp3) is 0.412. The first-order chi connectivity index (χ1) is 12.3. The van der Waals surface area contributed by atoms with Gasteiger partial charge in [0, 0.05) is 17.9 Å². The van der Waals surface area contributed by atoms with Gasteiger partial charge in [0.1, 0.15) is 18.4 Å². The number of unbranched alkanes of at least 4 members (excludes halogenated alkanes) is 1. The van der Waals surface area contributed by atoms with Gasteiger partial charge in [0.25, 0.3) is 0 Å². The van der Waals surface area contributed by atoms with Crippen molar-refractivity contribution in [2.24, 2.45) is 0 Å². The molecule has 0 spiro atoms. The Kier molecular flexibility index (Phi) is 6.05. The molecule has 2 heterocycles. The number of benzene rings is 1. The van der Waals surface area contributed by atoms with Crippen LogP contribution >= 0.6 is 11.8 Å². The van der Waals surface area contributed by atoms with Gasteiger partial charge in [0.05, 0.1) is 13.7 Å². The van der Waals surface area contributed by atoms with Crippen LogP contribution in [0.2, 0.25) is 0 Å². The molecular weight excluding hydrogens is 336 g/mol. The molecular formula is C17H22N6OS. The van der Waals surface area contributed by atoms with Crippen LogP contribution in [0.1, 0.15) is 19.8 Å². The number of aryl methyl sites for hydroxylation is 1. The standard InChI is InChI=1S/C17H22N6OS/c1-3-4-9-23-16(14-5-7-15(24-2)8-6-14)20-21-17(23)25-11-10-22-13-18-12-19-22/h5-8,12-13H,3-4,9-11H2,1-2H3. The molecule has 0 atom stereocenters. The minimum Gasteiger partial charge on any atom is -0.497 e. The van der Waals surface area contributed by atoms with Gasteiger partial charge in [-0.2, -0.15) is 5.10 Å². The van der Waals surface area contributed by atoms with Gasteiger partial charge in [-0.1, -0.05) is 25.1 Å². The molecule has 0 aliphatic heterocycles. The van der Waals surface area contributed by atoms with Crippen molar-refractivity contribution in [3.63, 3.8) is 0 Å². The highest BCUT2D eigenvalue weighted by atomic mass is 32.2. The van der Waals surface area contributed by atoms with Crippen molar-refractivity contribution in [3.05, 3.63) is 36.9 Å². The SMILES string of the molecule is CCCCn1c(SCCn2cncn2)nnc1-c1ccc(OC)cc1. The molecule has 132 valence electrons. The molecule has 25 heavy (non-hydrogen) atoms. The summed E-state index contributed by atoms with van der Waals surface area (Å²) in [7, 11) is 1.67. The predicted octanol–water partition coefficient (Wildman–Crippen LogP) is 3.14. The first-order valence-corrected chi connectivity index (χ1v) is 9.33. The van der Waals surface area contributed by atoms with Crippen LogP contribution in [0.25, 0.3) is 11.4 Å². The zero-order valence-electron chi connectivity index (χ0n) is 14.5. The normalized spacial score (nSPS) is 11.0. The molecule has 0 unspecified atom stereocenters. The summed E-state index contributed by atoms with van der Waals surface area (Å²) in [5.41, 5.74) is 1.05. The van der Waals surface area contributed by atoms with Crippen molar-refractivity contribution in [2.45, 2.75) is 38.0 Å². The highest BCUT2D eigenvalue weighted by Gasteiger charge is 2.14. The molecule has 0 radical (unpaired) electrons. The third kappa shape index (κ3) is 4.39. The van der Waals surface area contributed by atoms with Gasteiger partial charge in [-0.05, 0) is 30.7 Å². The number of hydrogen-bond acceptors (Lipinski definition) is 6. The van der Waals surface area contributed by atoms with E-state index >= 15 is 0 Å². The molecule has 0 N–H and O–H groups in total. The summed E-state index contributed by atoms with van der Waals surface area (Å²) in [6.45, 7) is 3.90. The van der Waals surface area contributed by atoms with Crippen LogP contribution in [0, 0.1) is 0 Å². The second-order valence-corrected chi connectivity index (χ2v) is 6.61. The lowest BCUT2D eigenvalue weighted by Crippen LogP contribution is -2.05. The van der Waals surface area contributed by atoms with E-state index in [1.54, 1.807) is 31.5 Å². The molecule has 7 nitrogen and oxygen atoms in total. The third-order valence-electron chi connectivity index (χ3n) is 3.82. The van der Waals surface area contributed by atoms with Crippen LogP contribution < -0.4 is 4.74 Å². The van der Waals surface area contributed by atoms with E-state index in [1.807, 2.05) is 28.9 Å². The summed E-state index contributed by atoms with van der Waals surface area (Å²) in [6.07, 6.45) is 5.50. The molecule has 3 aromatic rings. The topological polar surface area (TPSA) is 70.7 Å². The van der Waals surface area contributed by atoms with E-state index in [0.29, 0.717) is 0 Å². The summed E-state index contributed by atoms with van der Waals surface area (Å²) >= 11 is 1.69. The van der Waals surface area contributed by atoms with Crippen LogP contribution in [0.3, 0.4) is 0 Å². The van der Waals surface area contributed by atoms with Crippen molar-refractivity contribution in [1.82, 2.24) is 29.5 Å². The van der Waals surface area contributed by atoms with Gasteiger partial charge >= 0.3 is 0 Å². The molecule has 0 aliphatic rings. The van der Waals surface area contributed by atoms with Crippen LogP contribution in [0.15, 0.2) is 42.1 Å². The summed E-state index contributed by atoms with van der Waals surface area (Å²) in [6, 6.07) is 7.95. The molecule has 0 amide bonds. The second-order valence-electron chi connectivity index (χ2n) is 5.55. The number of ether oxygens (including phenoxy) is 1. The van der Waals surface area contributed by atoms with Gasteiger partial charge in [-0.25, -0.2) is 4.98 Å². The van der Waals surface area contributed by atoms with Crippen molar-refractivity contribution < 1.29 is 4.74 Å². The lowest BCUT2D eigenvalue weighted by atomic mass is 10.2. The zero-order valence-corrected chi connectivity index (χ0v) is 15.3. The van der Waals surface area contributed by atoms with E-state index in [1.165, 1.54) is 0 Å². The maximum atomic E-state index is 5.23. The van der Waals surface area contributed by atoms with Crippen molar-refractivity contribution in [1.29, 1.82) is 0 Å². The maximum absolute atomic E-state index is 5.23. The van der Waals surface area contributed by atoms with Gasteiger partial charge in [-0.15, -0.1) is 10.2 Å². The van der Waals surface area contributed by atoms with Crippen molar-refractivity contribution >= 4 is 11.8 Å². The van der Waals surface area contributed by atoms with E-state index in [4.69, 9.17) is 4.74 Å². The van der Waals surface area contributed by atoms with E-state index < -0.39 is 0 Å². The van der Waals surface area contributed by atoms with E-state index in [-0.39, 0.29) is 0 Å². The molecule has 0 bridgehead atoms. The monoisotopic (exact) mass is 358 g/mol. The predicted molar refractivity (Wildman–Crippen MR) is 97.7 cm³/mol.